The minimum Gasteiger partial charge on any atom is -0.463 e. The SMILES string of the molecule is C=C(C[C@@H]1C[C@@H]2c3ccccc3[C@@H]1CC21OCCO1)C(=O)OCC. The largest absolute Gasteiger partial charge is 0.463 e. The molecule has 1 aromatic carbocycles. The smallest absolute Gasteiger partial charge is 0.333 e. The van der Waals surface area contributed by atoms with E-state index in [1.165, 1.54) is 11.1 Å². The van der Waals surface area contributed by atoms with Crippen molar-refractivity contribution in [3.8, 4) is 0 Å². The second kappa shape index (κ2) is 6.01. The van der Waals surface area contributed by atoms with E-state index >= 15 is 0 Å². The molecule has 0 aromatic heterocycles. The summed E-state index contributed by atoms with van der Waals surface area (Å²) < 4.78 is 17.3. The van der Waals surface area contributed by atoms with Crippen LogP contribution < -0.4 is 0 Å². The number of fused-ring (bicyclic) bond motifs is 1. The van der Waals surface area contributed by atoms with E-state index in [4.69, 9.17) is 14.2 Å². The molecule has 0 amide bonds. The first-order valence-electron chi connectivity index (χ1n) is 8.86. The van der Waals surface area contributed by atoms with Gasteiger partial charge in [0.25, 0.3) is 0 Å². The van der Waals surface area contributed by atoms with Crippen molar-refractivity contribution in [1.29, 1.82) is 0 Å². The van der Waals surface area contributed by atoms with Crippen LogP contribution in [0.5, 0.6) is 0 Å². The lowest BCUT2D eigenvalue weighted by Gasteiger charge is -2.52. The maximum Gasteiger partial charge on any atom is 0.333 e. The Labute approximate surface area is 142 Å². The zero-order valence-electron chi connectivity index (χ0n) is 14.1. The standard InChI is InChI=1S/C20H24O4/c1-3-22-19(21)13(2)10-14-11-18-16-7-5-4-6-15(16)17(14)12-20(18)23-8-9-24-20/h4-7,14,17-18H,2-3,8-12H2,1H3/t14-,17-,18-/m1/s1. The van der Waals surface area contributed by atoms with Crippen molar-refractivity contribution in [2.45, 2.75) is 43.8 Å². The van der Waals surface area contributed by atoms with E-state index in [9.17, 15) is 4.79 Å². The molecule has 1 aliphatic heterocycles. The lowest BCUT2D eigenvalue weighted by atomic mass is 9.58. The van der Waals surface area contributed by atoms with E-state index in [0.717, 1.165) is 12.8 Å². The minimum absolute atomic E-state index is 0.237. The Kier molecular flexibility index (Phi) is 3.97. The van der Waals surface area contributed by atoms with Crippen LogP contribution in [-0.4, -0.2) is 31.6 Å². The van der Waals surface area contributed by atoms with Crippen molar-refractivity contribution in [2.75, 3.05) is 19.8 Å². The molecule has 1 spiro atoms. The zero-order valence-corrected chi connectivity index (χ0v) is 14.1. The highest BCUT2D eigenvalue weighted by molar-refractivity contribution is 5.87. The number of esters is 1. The summed E-state index contributed by atoms with van der Waals surface area (Å²) in [5.41, 5.74) is 3.32. The molecule has 2 fully saturated rings. The highest BCUT2D eigenvalue weighted by Gasteiger charge is 2.57. The minimum atomic E-state index is -0.458. The van der Waals surface area contributed by atoms with Crippen LogP contribution in [0, 0.1) is 5.92 Å². The molecular weight excluding hydrogens is 304 g/mol. The molecule has 2 bridgehead atoms. The fourth-order valence-electron chi connectivity index (χ4n) is 4.80. The average Bonchev–Trinajstić information content (AvgIpc) is 3.05. The van der Waals surface area contributed by atoms with Gasteiger partial charge in [-0.25, -0.2) is 4.79 Å². The first-order chi connectivity index (χ1) is 11.6. The third-order valence-corrected chi connectivity index (χ3v) is 5.76. The normalized spacial score (nSPS) is 29.5. The molecule has 0 N–H and O–H groups in total. The van der Waals surface area contributed by atoms with Crippen molar-refractivity contribution >= 4 is 5.97 Å². The summed E-state index contributed by atoms with van der Waals surface area (Å²) in [6, 6.07) is 8.61. The summed E-state index contributed by atoms with van der Waals surface area (Å²) in [6.45, 7) is 7.52. The lowest BCUT2D eigenvalue weighted by Crippen LogP contribution is -2.49. The molecule has 1 saturated heterocycles. The first-order valence-corrected chi connectivity index (χ1v) is 8.86. The van der Waals surface area contributed by atoms with Gasteiger partial charge in [0, 0.05) is 17.9 Å². The number of benzene rings is 1. The Morgan fingerprint density at radius 2 is 2.00 bits per heavy atom. The number of ether oxygens (including phenoxy) is 3. The molecule has 4 aliphatic rings. The van der Waals surface area contributed by atoms with Crippen LogP contribution in [0.3, 0.4) is 0 Å². The van der Waals surface area contributed by atoms with Crippen molar-refractivity contribution in [1.82, 2.24) is 0 Å². The summed E-state index contributed by atoms with van der Waals surface area (Å²) in [5.74, 6) is 0.244. The Bertz CT molecular complexity index is 659. The van der Waals surface area contributed by atoms with E-state index in [-0.39, 0.29) is 11.9 Å². The van der Waals surface area contributed by atoms with Crippen LogP contribution >= 0.6 is 0 Å². The molecule has 1 aromatic rings. The fourth-order valence-corrected chi connectivity index (χ4v) is 4.80. The number of carbonyl (C=O) groups excluding carboxylic acids is 1. The van der Waals surface area contributed by atoms with Crippen LogP contribution in [0.1, 0.15) is 49.1 Å². The second-order valence-corrected chi connectivity index (χ2v) is 7.02. The Balaban J connectivity index is 1.61. The number of hydrogen-bond donors (Lipinski definition) is 0. The molecule has 24 heavy (non-hydrogen) atoms. The van der Waals surface area contributed by atoms with Gasteiger partial charge in [0.15, 0.2) is 5.79 Å². The highest BCUT2D eigenvalue weighted by atomic mass is 16.7. The third kappa shape index (κ3) is 2.40. The summed E-state index contributed by atoms with van der Waals surface area (Å²) >= 11 is 0. The molecule has 3 aliphatic carbocycles. The topological polar surface area (TPSA) is 44.8 Å². The fraction of sp³-hybridized carbons (Fsp3) is 0.550. The van der Waals surface area contributed by atoms with Crippen LogP contribution in [0.15, 0.2) is 36.4 Å². The van der Waals surface area contributed by atoms with E-state index in [0.29, 0.717) is 43.7 Å². The molecule has 128 valence electrons. The summed E-state index contributed by atoms with van der Waals surface area (Å²) in [4.78, 5) is 11.9. The van der Waals surface area contributed by atoms with Gasteiger partial charge < -0.3 is 14.2 Å². The molecule has 1 saturated carbocycles. The van der Waals surface area contributed by atoms with Crippen molar-refractivity contribution < 1.29 is 19.0 Å². The van der Waals surface area contributed by atoms with Crippen LogP contribution in [0.25, 0.3) is 0 Å². The van der Waals surface area contributed by atoms with Gasteiger partial charge >= 0.3 is 5.97 Å². The van der Waals surface area contributed by atoms with Crippen LogP contribution in [-0.2, 0) is 19.0 Å². The Morgan fingerprint density at radius 3 is 2.71 bits per heavy atom. The number of rotatable bonds is 4. The van der Waals surface area contributed by atoms with Gasteiger partial charge in [-0.3, -0.25) is 0 Å². The Hall–Kier alpha value is -1.65. The number of hydrogen-bond acceptors (Lipinski definition) is 4. The molecule has 0 radical (unpaired) electrons. The summed E-state index contributed by atoms with van der Waals surface area (Å²) in [5, 5.41) is 0. The maximum absolute atomic E-state index is 11.9. The van der Waals surface area contributed by atoms with Crippen LogP contribution in [0.2, 0.25) is 0 Å². The van der Waals surface area contributed by atoms with Crippen LogP contribution in [0.4, 0.5) is 0 Å². The second-order valence-electron chi connectivity index (χ2n) is 7.02. The van der Waals surface area contributed by atoms with Gasteiger partial charge in [0.05, 0.1) is 19.8 Å². The van der Waals surface area contributed by atoms with E-state index < -0.39 is 5.79 Å². The van der Waals surface area contributed by atoms with Crippen molar-refractivity contribution in [3.05, 3.63) is 47.5 Å². The van der Waals surface area contributed by atoms with E-state index in [1.807, 2.05) is 6.92 Å². The predicted molar refractivity (Wildman–Crippen MR) is 89.7 cm³/mol. The van der Waals surface area contributed by atoms with Crippen molar-refractivity contribution in [3.63, 3.8) is 0 Å². The molecule has 5 rings (SSSR count). The third-order valence-electron chi connectivity index (χ3n) is 5.76. The molecular formula is C20H24O4. The first kappa shape index (κ1) is 15.9. The van der Waals surface area contributed by atoms with Gasteiger partial charge in [-0.1, -0.05) is 30.8 Å². The summed E-state index contributed by atoms with van der Waals surface area (Å²) in [7, 11) is 0. The molecule has 0 unspecified atom stereocenters. The van der Waals surface area contributed by atoms with Gasteiger partial charge in [0.2, 0.25) is 0 Å². The lowest BCUT2D eigenvalue weighted by molar-refractivity contribution is -0.207. The Morgan fingerprint density at radius 1 is 1.29 bits per heavy atom. The average molecular weight is 328 g/mol. The molecule has 3 atom stereocenters. The maximum atomic E-state index is 11.9. The monoisotopic (exact) mass is 328 g/mol. The zero-order chi connectivity index (χ0) is 16.7. The van der Waals surface area contributed by atoms with Gasteiger partial charge in [-0.2, -0.15) is 0 Å². The number of carbonyl (C=O) groups is 1. The predicted octanol–water partition coefficient (Wildman–Crippen LogP) is 3.53. The molecule has 1 heterocycles. The van der Waals surface area contributed by atoms with Crippen molar-refractivity contribution in [2.24, 2.45) is 5.92 Å². The van der Waals surface area contributed by atoms with E-state index in [2.05, 4.69) is 30.8 Å². The highest BCUT2D eigenvalue weighted by Crippen LogP contribution is 2.60. The van der Waals surface area contributed by atoms with Gasteiger partial charge in [-0.15, -0.1) is 0 Å². The quantitative estimate of drug-likeness (QED) is 0.626. The molecule has 4 nitrogen and oxygen atoms in total. The van der Waals surface area contributed by atoms with Gasteiger partial charge in [-0.05, 0) is 42.7 Å². The molecule has 4 heteroatoms. The van der Waals surface area contributed by atoms with E-state index in [1.54, 1.807) is 0 Å². The summed E-state index contributed by atoms with van der Waals surface area (Å²) in [6.07, 6.45) is 2.53. The van der Waals surface area contributed by atoms with Gasteiger partial charge in [0.1, 0.15) is 0 Å².